The molecule has 8 heteroatoms. The van der Waals surface area contributed by atoms with Gasteiger partial charge in [-0.15, -0.1) is 0 Å². The number of aromatic amines is 1. The van der Waals surface area contributed by atoms with Crippen LogP contribution in [0.3, 0.4) is 0 Å². The van der Waals surface area contributed by atoms with E-state index in [1.807, 2.05) is 12.1 Å². The minimum atomic E-state index is -1.09. The van der Waals surface area contributed by atoms with Gasteiger partial charge in [-0.3, -0.25) is 4.98 Å². The number of para-hydroxylation sites is 1. The normalized spacial score (nSPS) is 15.9. The van der Waals surface area contributed by atoms with E-state index in [0.717, 1.165) is 17.0 Å². The number of fused-ring (bicyclic) bond motifs is 1. The molecule has 1 aliphatic heterocycles. The Hall–Kier alpha value is -3.68. The summed E-state index contributed by atoms with van der Waals surface area (Å²) in [5, 5.41) is 12.1. The molecule has 0 spiro atoms. The number of aromatic nitrogens is 3. The Morgan fingerprint density at radius 1 is 1.22 bits per heavy atom. The smallest absolute Gasteiger partial charge is 0.337 e. The third-order valence-corrected chi connectivity index (χ3v) is 4.59. The van der Waals surface area contributed by atoms with Crippen molar-refractivity contribution in [3.05, 3.63) is 77.6 Å². The fourth-order valence-corrected chi connectivity index (χ4v) is 3.34. The lowest BCUT2D eigenvalue weighted by atomic mass is 9.97. The Morgan fingerprint density at radius 3 is 2.85 bits per heavy atom. The van der Waals surface area contributed by atoms with Crippen LogP contribution in [0, 0.1) is 0 Å². The number of nitrogens with one attached hydrogen (secondary N) is 2. The van der Waals surface area contributed by atoms with E-state index in [0.29, 0.717) is 13.0 Å². The van der Waals surface area contributed by atoms with E-state index in [4.69, 9.17) is 0 Å². The molecule has 27 heavy (non-hydrogen) atoms. The molecule has 3 N–H and O–H groups in total. The van der Waals surface area contributed by atoms with Crippen molar-refractivity contribution in [2.24, 2.45) is 0 Å². The van der Waals surface area contributed by atoms with Gasteiger partial charge >= 0.3 is 12.0 Å². The summed E-state index contributed by atoms with van der Waals surface area (Å²) in [7, 11) is 0. The molecule has 0 bridgehead atoms. The number of urea groups is 1. The number of carbonyl (C=O) groups is 2. The van der Waals surface area contributed by atoms with Gasteiger partial charge in [0, 0.05) is 31.1 Å². The largest absolute Gasteiger partial charge is 0.478 e. The minimum Gasteiger partial charge on any atom is -0.478 e. The van der Waals surface area contributed by atoms with Crippen LogP contribution in [-0.4, -0.2) is 43.5 Å². The SMILES string of the molecule is O=C(O)c1ccccc1NC(=O)N1CCc2[nH]cnc2C1c1cccnc1. The molecule has 1 aromatic carbocycles. The number of carbonyl (C=O) groups excluding carboxylic acids is 1. The maximum Gasteiger partial charge on any atom is 0.337 e. The Balaban J connectivity index is 1.68. The Labute approximate surface area is 154 Å². The van der Waals surface area contributed by atoms with Crippen LogP contribution in [0.25, 0.3) is 0 Å². The molecule has 3 aromatic rings. The highest BCUT2D eigenvalue weighted by molar-refractivity contribution is 6.00. The molecular formula is C19H17N5O3. The van der Waals surface area contributed by atoms with Gasteiger partial charge in [-0.05, 0) is 23.8 Å². The maximum absolute atomic E-state index is 13.0. The molecule has 1 aliphatic rings. The van der Waals surface area contributed by atoms with Gasteiger partial charge in [-0.2, -0.15) is 0 Å². The average Bonchev–Trinajstić information content (AvgIpc) is 3.17. The molecule has 0 saturated carbocycles. The van der Waals surface area contributed by atoms with Crippen molar-refractivity contribution < 1.29 is 14.7 Å². The predicted molar refractivity (Wildman–Crippen MR) is 97.5 cm³/mol. The highest BCUT2D eigenvalue weighted by Crippen LogP contribution is 2.33. The van der Waals surface area contributed by atoms with Crippen LogP contribution in [0.2, 0.25) is 0 Å². The van der Waals surface area contributed by atoms with Gasteiger partial charge in [0.15, 0.2) is 0 Å². The molecule has 3 heterocycles. The van der Waals surface area contributed by atoms with E-state index in [2.05, 4.69) is 20.3 Å². The van der Waals surface area contributed by atoms with Crippen LogP contribution in [0.4, 0.5) is 10.5 Å². The van der Waals surface area contributed by atoms with Crippen molar-refractivity contribution >= 4 is 17.7 Å². The molecule has 0 saturated heterocycles. The van der Waals surface area contributed by atoms with Crippen LogP contribution in [0.5, 0.6) is 0 Å². The lowest BCUT2D eigenvalue weighted by molar-refractivity contribution is 0.0698. The first-order valence-corrected chi connectivity index (χ1v) is 8.47. The number of nitrogens with zero attached hydrogens (tertiary/aromatic N) is 3. The Kier molecular flexibility index (Phi) is 4.29. The highest BCUT2D eigenvalue weighted by Gasteiger charge is 2.34. The first-order chi connectivity index (χ1) is 13.1. The van der Waals surface area contributed by atoms with Crippen LogP contribution in [-0.2, 0) is 6.42 Å². The second-order valence-electron chi connectivity index (χ2n) is 6.18. The van der Waals surface area contributed by atoms with Crippen molar-refractivity contribution in [2.45, 2.75) is 12.5 Å². The molecule has 2 amide bonds. The van der Waals surface area contributed by atoms with Crippen molar-refractivity contribution in [1.29, 1.82) is 0 Å². The van der Waals surface area contributed by atoms with Gasteiger partial charge in [0.2, 0.25) is 0 Å². The molecule has 2 aromatic heterocycles. The zero-order valence-corrected chi connectivity index (χ0v) is 14.3. The zero-order chi connectivity index (χ0) is 18.8. The lowest BCUT2D eigenvalue weighted by Crippen LogP contribution is -2.43. The number of carboxylic acid groups (broad SMARTS) is 1. The molecule has 1 atom stereocenters. The number of carboxylic acids is 1. The predicted octanol–water partition coefficient (Wildman–Crippen LogP) is 2.68. The van der Waals surface area contributed by atoms with E-state index in [-0.39, 0.29) is 17.3 Å². The summed E-state index contributed by atoms with van der Waals surface area (Å²) in [5.74, 6) is -1.09. The van der Waals surface area contributed by atoms with Gasteiger partial charge in [0.1, 0.15) is 6.04 Å². The summed E-state index contributed by atoms with van der Waals surface area (Å²) in [6, 6.07) is 9.26. The summed E-state index contributed by atoms with van der Waals surface area (Å²) in [6.07, 6.45) is 5.64. The quantitative estimate of drug-likeness (QED) is 0.662. The topological polar surface area (TPSA) is 111 Å². The summed E-state index contributed by atoms with van der Waals surface area (Å²) in [4.78, 5) is 37.8. The first kappa shape index (κ1) is 16.8. The minimum absolute atomic E-state index is 0.0428. The van der Waals surface area contributed by atoms with E-state index in [1.54, 1.807) is 41.8 Å². The molecular weight excluding hydrogens is 346 g/mol. The fraction of sp³-hybridized carbons (Fsp3) is 0.158. The lowest BCUT2D eigenvalue weighted by Gasteiger charge is -2.35. The van der Waals surface area contributed by atoms with Crippen LogP contribution in [0.1, 0.15) is 33.4 Å². The number of hydrogen-bond acceptors (Lipinski definition) is 4. The van der Waals surface area contributed by atoms with E-state index in [9.17, 15) is 14.7 Å². The van der Waals surface area contributed by atoms with E-state index in [1.165, 1.54) is 6.07 Å². The fourth-order valence-electron chi connectivity index (χ4n) is 3.34. The number of pyridine rings is 1. The van der Waals surface area contributed by atoms with Gasteiger partial charge in [0.25, 0.3) is 0 Å². The Morgan fingerprint density at radius 2 is 2.07 bits per heavy atom. The standard InChI is InChI=1S/C19H17N5O3/c25-18(26)13-5-1-2-6-14(13)23-19(27)24-9-7-15-16(22-11-21-15)17(24)12-4-3-8-20-10-12/h1-6,8,10-11,17H,7,9H2,(H,21,22)(H,23,27)(H,25,26). The average molecular weight is 363 g/mol. The molecule has 0 radical (unpaired) electrons. The van der Waals surface area contributed by atoms with Crippen molar-refractivity contribution in [2.75, 3.05) is 11.9 Å². The number of H-pyrrole nitrogens is 1. The Bertz CT molecular complexity index is 986. The summed E-state index contributed by atoms with van der Waals surface area (Å²) >= 11 is 0. The van der Waals surface area contributed by atoms with E-state index < -0.39 is 12.0 Å². The second kappa shape index (κ2) is 6.91. The summed E-state index contributed by atoms with van der Waals surface area (Å²) in [6.45, 7) is 0.468. The number of hydrogen-bond donors (Lipinski definition) is 3. The second-order valence-corrected chi connectivity index (χ2v) is 6.18. The first-order valence-electron chi connectivity index (χ1n) is 8.47. The van der Waals surface area contributed by atoms with Crippen LogP contribution < -0.4 is 5.32 Å². The zero-order valence-electron chi connectivity index (χ0n) is 14.3. The maximum atomic E-state index is 13.0. The van der Waals surface area contributed by atoms with Crippen molar-refractivity contribution in [3.63, 3.8) is 0 Å². The van der Waals surface area contributed by atoms with Gasteiger partial charge < -0.3 is 20.3 Å². The number of aromatic carboxylic acids is 1. The third-order valence-electron chi connectivity index (χ3n) is 4.59. The van der Waals surface area contributed by atoms with E-state index >= 15 is 0 Å². The number of benzene rings is 1. The van der Waals surface area contributed by atoms with Crippen LogP contribution in [0.15, 0.2) is 55.1 Å². The molecule has 0 fully saturated rings. The number of amides is 2. The molecule has 0 aliphatic carbocycles. The number of imidazole rings is 1. The third kappa shape index (κ3) is 3.12. The monoisotopic (exact) mass is 363 g/mol. The summed E-state index contributed by atoms with van der Waals surface area (Å²) < 4.78 is 0. The molecule has 4 rings (SSSR count). The van der Waals surface area contributed by atoms with Gasteiger partial charge in [-0.25, -0.2) is 14.6 Å². The number of rotatable bonds is 3. The van der Waals surface area contributed by atoms with Crippen molar-refractivity contribution in [3.8, 4) is 0 Å². The highest BCUT2D eigenvalue weighted by atomic mass is 16.4. The van der Waals surface area contributed by atoms with Crippen molar-refractivity contribution in [1.82, 2.24) is 19.9 Å². The van der Waals surface area contributed by atoms with Gasteiger partial charge in [-0.1, -0.05) is 18.2 Å². The summed E-state index contributed by atoms with van der Waals surface area (Å²) in [5.41, 5.74) is 2.90. The molecule has 1 unspecified atom stereocenters. The van der Waals surface area contributed by atoms with Crippen LogP contribution >= 0.6 is 0 Å². The number of anilines is 1. The molecule has 136 valence electrons. The van der Waals surface area contributed by atoms with Gasteiger partial charge in [0.05, 0.1) is 23.3 Å². The molecule has 8 nitrogen and oxygen atoms in total.